The van der Waals surface area contributed by atoms with Crippen LogP contribution in [-0.2, 0) is 9.53 Å². The van der Waals surface area contributed by atoms with Crippen molar-refractivity contribution in [3.8, 4) is 0 Å². The molecule has 0 saturated heterocycles. The summed E-state index contributed by atoms with van der Waals surface area (Å²) in [6, 6.07) is 0. The van der Waals surface area contributed by atoms with Crippen molar-refractivity contribution in [2.24, 2.45) is 10.7 Å². The lowest BCUT2D eigenvalue weighted by molar-refractivity contribution is -0.116. The zero-order valence-electron chi connectivity index (χ0n) is 7.42. The molecule has 5 heteroatoms. The minimum absolute atomic E-state index is 0.0555. The number of amides is 1. The van der Waals surface area contributed by atoms with Crippen LogP contribution in [0.3, 0.4) is 0 Å². The standard InChI is InChI=1S/C7H13N3O2/c1-9-4-5(6(8)12-3)7(11)10-2/h4H,8H2,1-3H3,(H,10,11)/b6-5-,9-4?. The average molecular weight is 171 g/mol. The van der Waals surface area contributed by atoms with E-state index in [-0.39, 0.29) is 17.4 Å². The van der Waals surface area contributed by atoms with E-state index in [0.717, 1.165) is 0 Å². The van der Waals surface area contributed by atoms with Gasteiger partial charge in [0, 0.05) is 20.3 Å². The minimum Gasteiger partial charge on any atom is -0.482 e. The van der Waals surface area contributed by atoms with Crippen LogP contribution in [-0.4, -0.2) is 33.3 Å². The van der Waals surface area contributed by atoms with Crippen molar-refractivity contribution in [2.45, 2.75) is 0 Å². The maximum atomic E-state index is 11.1. The Kier molecular flexibility index (Phi) is 4.52. The fourth-order valence-corrected chi connectivity index (χ4v) is 0.608. The maximum Gasteiger partial charge on any atom is 0.257 e. The van der Waals surface area contributed by atoms with Crippen molar-refractivity contribution in [3.05, 3.63) is 11.5 Å². The van der Waals surface area contributed by atoms with Gasteiger partial charge in [0.05, 0.1) is 7.11 Å². The number of carbonyl (C=O) groups is 1. The smallest absolute Gasteiger partial charge is 0.257 e. The van der Waals surface area contributed by atoms with Gasteiger partial charge in [-0.05, 0) is 0 Å². The molecule has 0 aliphatic carbocycles. The van der Waals surface area contributed by atoms with Gasteiger partial charge >= 0.3 is 0 Å². The lowest BCUT2D eigenvalue weighted by Crippen LogP contribution is -2.24. The molecule has 0 rings (SSSR count). The Labute approximate surface area is 71.3 Å². The van der Waals surface area contributed by atoms with Gasteiger partial charge in [-0.25, -0.2) is 0 Å². The highest BCUT2D eigenvalue weighted by Gasteiger charge is 2.09. The lowest BCUT2D eigenvalue weighted by atomic mass is 10.3. The van der Waals surface area contributed by atoms with Crippen molar-refractivity contribution in [3.63, 3.8) is 0 Å². The van der Waals surface area contributed by atoms with Crippen LogP contribution in [0, 0.1) is 0 Å². The molecule has 0 radical (unpaired) electrons. The Morgan fingerprint density at radius 3 is 2.58 bits per heavy atom. The molecule has 0 fully saturated rings. The fraction of sp³-hybridized carbons (Fsp3) is 0.429. The normalized spacial score (nSPS) is 12.6. The highest BCUT2D eigenvalue weighted by atomic mass is 16.5. The molecular formula is C7H13N3O2. The van der Waals surface area contributed by atoms with Crippen molar-refractivity contribution >= 4 is 12.1 Å². The number of hydrogen-bond acceptors (Lipinski definition) is 4. The van der Waals surface area contributed by atoms with Crippen molar-refractivity contribution < 1.29 is 9.53 Å². The molecule has 0 spiro atoms. The van der Waals surface area contributed by atoms with Crippen LogP contribution in [0.25, 0.3) is 0 Å². The summed E-state index contributed by atoms with van der Waals surface area (Å²) in [6.07, 6.45) is 1.34. The predicted octanol–water partition coefficient (Wildman–Crippen LogP) is -0.750. The number of rotatable bonds is 3. The van der Waals surface area contributed by atoms with Crippen LogP contribution in [0.2, 0.25) is 0 Å². The average Bonchev–Trinajstić information content (AvgIpc) is 2.11. The van der Waals surface area contributed by atoms with Crippen molar-refractivity contribution in [1.82, 2.24) is 5.32 Å². The molecule has 0 atom stereocenters. The van der Waals surface area contributed by atoms with Gasteiger partial charge in [-0.15, -0.1) is 0 Å². The SMILES string of the molecule is CN=C/C(C(=O)NC)=C(\N)OC. The molecule has 0 aliphatic rings. The molecule has 5 nitrogen and oxygen atoms in total. The summed E-state index contributed by atoms with van der Waals surface area (Å²) < 4.78 is 4.69. The van der Waals surface area contributed by atoms with E-state index in [0.29, 0.717) is 0 Å². The van der Waals surface area contributed by atoms with Gasteiger partial charge in [0.15, 0.2) is 5.88 Å². The highest BCUT2D eigenvalue weighted by Crippen LogP contribution is 1.96. The van der Waals surface area contributed by atoms with Gasteiger partial charge in [0.25, 0.3) is 5.91 Å². The Morgan fingerprint density at radius 2 is 2.25 bits per heavy atom. The monoisotopic (exact) mass is 171 g/mol. The number of likely N-dealkylation sites (N-methyl/N-ethyl adjacent to an activating group) is 1. The van der Waals surface area contributed by atoms with E-state index >= 15 is 0 Å². The number of nitrogens with two attached hydrogens (primary N) is 1. The second kappa shape index (κ2) is 5.17. The molecule has 0 aromatic heterocycles. The Morgan fingerprint density at radius 1 is 1.67 bits per heavy atom. The van der Waals surface area contributed by atoms with Crippen LogP contribution < -0.4 is 11.1 Å². The van der Waals surface area contributed by atoms with Crippen LogP contribution in [0.5, 0.6) is 0 Å². The molecule has 0 aromatic carbocycles. The van der Waals surface area contributed by atoms with E-state index < -0.39 is 0 Å². The van der Waals surface area contributed by atoms with Gasteiger partial charge in [-0.2, -0.15) is 0 Å². The number of ether oxygens (including phenoxy) is 1. The molecule has 3 N–H and O–H groups in total. The second-order valence-corrected chi connectivity index (χ2v) is 1.95. The largest absolute Gasteiger partial charge is 0.482 e. The quantitative estimate of drug-likeness (QED) is 0.333. The van der Waals surface area contributed by atoms with Gasteiger partial charge in [0.1, 0.15) is 5.57 Å². The first-order chi connectivity index (χ1) is 5.67. The summed E-state index contributed by atoms with van der Waals surface area (Å²) in [5.41, 5.74) is 5.61. The van der Waals surface area contributed by atoms with E-state index in [2.05, 4.69) is 10.3 Å². The third kappa shape index (κ3) is 2.61. The number of carbonyl (C=O) groups excluding carboxylic acids is 1. The topological polar surface area (TPSA) is 76.7 Å². The molecule has 0 bridgehead atoms. The molecule has 0 aliphatic heterocycles. The number of nitrogens with zero attached hydrogens (tertiary/aromatic N) is 1. The minimum atomic E-state index is -0.319. The van der Waals surface area contributed by atoms with Crippen LogP contribution in [0.15, 0.2) is 16.4 Å². The van der Waals surface area contributed by atoms with E-state index in [1.165, 1.54) is 20.4 Å². The van der Waals surface area contributed by atoms with Gasteiger partial charge in [-0.3, -0.25) is 9.79 Å². The first-order valence-corrected chi connectivity index (χ1v) is 3.35. The molecule has 68 valence electrons. The molecular weight excluding hydrogens is 158 g/mol. The third-order valence-electron chi connectivity index (χ3n) is 1.22. The molecule has 0 aromatic rings. The summed E-state index contributed by atoms with van der Waals surface area (Å²) in [7, 11) is 4.45. The van der Waals surface area contributed by atoms with Gasteiger partial charge < -0.3 is 15.8 Å². The van der Waals surface area contributed by atoms with Crippen molar-refractivity contribution in [2.75, 3.05) is 21.2 Å². The highest BCUT2D eigenvalue weighted by molar-refractivity contribution is 6.12. The van der Waals surface area contributed by atoms with Crippen LogP contribution in [0.1, 0.15) is 0 Å². The Hall–Kier alpha value is -1.52. The van der Waals surface area contributed by atoms with Crippen molar-refractivity contribution in [1.29, 1.82) is 0 Å². The molecule has 0 heterocycles. The number of nitrogens with one attached hydrogen (secondary N) is 1. The Bertz CT molecular complexity index is 221. The molecule has 1 amide bonds. The number of aliphatic imine (C=N–C) groups is 1. The first kappa shape index (κ1) is 10.5. The zero-order chi connectivity index (χ0) is 9.56. The van der Waals surface area contributed by atoms with E-state index in [9.17, 15) is 4.79 Å². The molecule has 0 saturated carbocycles. The summed E-state index contributed by atoms with van der Waals surface area (Å²) in [6.45, 7) is 0. The third-order valence-corrected chi connectivity index (χ3v) is 1.22. The molecule has 0 unspecified atom stereocenters. The van der Waals surface area contributed by atoms with Crippen LogP contribution in [0.4, 0.5) is 0 Å². The number of methoxy groups -OCH3 is 1. The van der Waals surface area contributed by atoms with E-state index in [4.69, 9.17) is 10.5 Å². The summed E-state index contributed by atoms with van der Waals surface area (Å²) in [5, 5.41) is 2.42. The fourth-order valence-electron chi connectivity index (χ4n) is 0.608. The van der Waals surface area contributed by atoms with E-state index in [1.54, 1.807) is 7.05 Å². The summed E-state index contributed by atoms with van der Waals surface area (Å²) in [4.78, 5) is 14.8. The predicted molar refractivity (Wildman–Crippen MR) is 46.7 cm³/mol. The maximum absolute atomic E-state index is 11.1. The van der Waals surface area contributed by atoms with Crippen LogP contribution >= 0.6 is 0 Å². The van der Waals surface area contributed by atoms with Gasteiger partial charge in [0.2, 0.25) is 0 Å². The lowest BCUT2D eigenvalue weighted by Gasteiger charge is -2.04. The first-order valence-electron chi connectivity index (χ1n) is 3.35. The number of hydrogen-bond donors (Lipinski definition) is 2. The zero-order valence-corrected chi connectivity index (χ0v) is 7.42. The summed E-state index contributed by atoms with van der Waals surface area (Å²) in [5.74, 6) is -0.264. The Balaban J connectivity index is 4.77. The van der Waals surface area contributed by atoms with E-state index in [1.807, 2.05) is 0 Å². The van der Waals surface area contributed by atoms with Gasteiger partial charge in [-0.1, -0.05) is 0 Å². The molecule has 12 heavy (non-hydrogen) atoms. The summed E-state index contributed by atoms with van der Waals surface area (Å²) >= 11 is 0. The second-order valence-electron chi connectivity index (χ2n) is 1.95.